The van der Waals surface area contributed by atoms with E-state index < -0.39 is 0 Å². The van der Waals surface area contributed by atoms with E-state index in [0.717, 1.165) is 24.1 Å². The molecule has 0 fully saturated rings. The quantitative estimate of drug-likeness (QED) is 0.391. The van der Waals surface area contributed by atoms with Crippen molar-refractivity contribution in [2.45, 2.75) is 19.6 Å². The van der Waals surface area contributed by atoms with E-state index in [1.54, 1.807) is 24.7 Å². The molecule has 0 bridgehead atoms. The third-order valence-corrected chi connectivity index (χ3v) is 6.07. The number of carbonyl (C=O) groups excluding carboxylic acids is 1. The van der Waals surface area contributed by atoms with Crippen LogP contribution in [0.4, 0.5) is 0 Å². The fourth-order valence-electron chi connectivity index (χ4n) is 3.36. The molecule has 1 aliphatic heterocycles. The highest BCUT2D eigenvalue weighted by molar-refractivity contribution is 7.10. The number of nitrogens with zero attached hydrogens (tertiary/aromatic N) is 2. The maximum atomic E-state index is 12.4. The molecule has 3 aromatic rings. The number of rotatable bonds is 8. The van der Waals surface area contributed by atoms with Crippen molar-refractivity contribution in [1.82, 2.24) is 4.90 Å². The zero-order valence-corrected chi connectivity index (χ0v) is 18.1. The standard InChI is InChI=1S/C24H24N2O4S/c1-28-22-13-19(7-8-21(22)29-16-18-5-3-2-4-6-18)14-25-30-17-24(27)26-11-9-23-20(15-26)10-12-31-23/h2-8,10,12-14H,9,11,15-17H2,1H3/b25-14+. The molecule has 6 nitrogen and oxygen atoms in total. The van der Waals surface area contributed by atoms with Crippen molar-refractivity contribution in [3.63, 3.8) is 0 Å². The minimum atomic E-state index is -0.0780. The normalized spacial score (nSPS) is 13.1. The second-order valence-electron chi connectivity index (χ2n) is 7.13. The van der Waals surface area contributed by atoms with Crippen LogP contribution in [-0.2, 0) is 29.2 Å². The second kappa shape index (κ2) is 10.1. The summed E-state index contributed by atoms with van der Waals surface area (Å²) in [5, 5.41) is 6.02. The number of benzene rings is 2. The van der Waals surface area contributed by atoms with Gasteiger partial charge in [0.25, 0.3) is 5.91 Å². The van der Waals surface area contributed by atoms with Crippen molar-refractivity contribution in [2.24, 2.45) is 5.16 Å². The maximum Gasteiger partial charge on any atom is 0.263 e. The lowest BCUT2D eigenvalue weighted by molar-refractivity contribution is -0.137. The number of methoxy groups -OCH3 is 1. The van der Waals surface area contributed by atoms with Crippen LogP contribution < -0.4 is 9.47 Å². The predicted octanol–water partition coefficient (Wildman–Crippen LogP) is 4.27. The molecule has 0 saturated heterocycles. The Balaban J connectivity index is 1.28. The van der Waals surface area contributed by atoms with Gasteiger partial charge in [-0.2, -0.15) is 0 Å². The second-order valence-corrected chi connectivity index (χ2v) is 8.13. The minimum Gasteiger partial charge on any atom is -0.493 e. The number of thiophene rings is 1. The van der Waals surface area contributed by atoms with Gasteiger partial charge < -0.3 is 19.2 Å². The van der Waals surface area contributed by atoms with Gasteiger partial charge in [0.05, 0.1) is 13.3 Å². The summed E-state index contributed by atoms with van der Waals surface area (Å²) in [5.74, 6) is 1.20. The minimum absolute atomic E-state index is 0.0590. The van der Waals surface area contributed by atoms with Crippen LogP contribution in [0.2, 0.25) is 0 Å². The largest absolute Gasteiger partial charge is 0.493 e. The Morgan fingerprint density at radius 2 is 2.03 bits per heavy atom. The van der Waals surface area contributed by atoms with Gasteiger partial charge in [-0.1, -0.05) is 35.5 Å². The fourth-order valence-corrected chi connectivity index (χ4v) is 4.25. The van der Waals surface area contributed by atoms with Crippen LogP contribution in [-0.4, -0.2) is 37.3 Å². The molecule has 0 unspecified atom stereocenters. The Kier molecular flexibility index (Phi) is 6.84. The average molecular weight is 437 g/mol. The Labute approximate surface area is 185 Å². The Bertz CT molecular complexity index is 1050. The lowest BCUT2D eigenvalue weighted by Crippen LogP contribution is -2.37. The fraction of sp³-hybridized carbons (Fsp3) is 0.250. The zero-order chi connectivity index (χ0) is 21.5. The van der Waals surface area contributed by atoms with Crippen LogP contribution in [0.3, 0.4) is 0 Å². The van der Waals surface area contributed by atoms with E-state index in [9.17, 15) is 4.79 Å². The van der Waals surface area contributed by atoms with Crippen LogP contribution in [0, 0.1) is 0 Å². The number of carbonyl (C=O) groups is 1. The molecule has 31 heavy (non-hydrogen) atoms. The van der Waals surface area contributed by atoms with Gasteiger partial charge in [0, 0.05) is 23.5 Å². The topological polar surface area (TPSA) is 60.4 Å². The molecule has 1 amide bonds. The first-order chi connectivity index (χ1) is 15.2. The molecule has 160 valence electrons. The number of oxime groups is 1. The summed E-state index contributed by atoms with van der Waals surface area (Å²) in [5.41, 5.74) is 3.10. The molecule has 0 aliphatic carbocycles. The summed E-state index contributed by atoms with van der Waals surface area (Å²) in [7, 11) is 1.60. The highest BCUT2D eigenvalue weighted by atomic mass is 32.1. The average Bonchev–Trinajstić information content (AvgIpc) is 3.29. The first-order valence-corrected chi connectivity index (χ1v) is 10.9. The van der Waals surface area contributed by atoms with E-state index in [1.807, 2.05) is 53.4 Å². The van der Waals surface area contributed by atoms with Gasteiger partial charge in [0.15, 0.2) is 18.1 Å². The highest BCUT2D eigenvalue weighted by Crippen LogP contribution is 2.28. The van der Waals surface area contributed by atoms with Crippen molar-refractivity contribution >= 4 is 23.5 Å². The van der Waals surface area contributed by atoms with E-state index >= 15 is 0 Å². The lowest BCUT2D eigenvalue weighted by Gasteiger charge is -2.26. The van der Waals surface area contributed by atoms with Gasteiger partial charge >= 0.3 is 0 Å². The van der Waals surface area contributed by atoms with Gasteiger partial charge in [-0.15, -0.1) is 11.3 Å². The molecule has 0 N–H and O–H groups in total. The molecular weight excluding hydrogens is 412 g/mol. The van der Waals surface area contributed by atoms with E-state index in [1.165, 1.54) is 10.4 Å². The third kappa shape index (κ3) is 5.44. The SMILES string of the molecule is COc1cc(/C=N/OCC(=O)N2CCc3sccc3C2)ccc1OCc1ccccc1. The van der Waals surface area contributed by atoms with Gasteiger partial charge in [0.1, 0.15) is 6.61 Å². The van der Waals surface area contributed by atoms with Crippen molar-refractivity contribution < 1.29 is 19.1 Å². The summed E-state index contributed by atoms with van der Waals surface area (Å²) in [6.45, 7) is 1.75. The van der Waals surface area contributed by atoms with Crippen LogP contribution in [0.5, 0.6) is 11.5 Å². The molecule has 2 aromatic carbocycles. The number of amides is 1. The van der Waals surface area contributed by atoms with Crippen molar-refractivity contribution in [1.29, 1.82) is 0 Å². The molecule has 4 rings (SSSR count). The smallest absolute Gasteiger partial charge is 0.263 e. The molecule has 0 saturated carbocycles. The van der Waals surface area contributed by atoms with E-state index in [2.05, 4.69) is 16.6 Å². The maximum absolute atomic E-state index is 12.4. The Hall–Kier alpha value is -3.32. The molecule has 0 radical (unpaired) electrons. The van der Waals surface area contributed by atoms with Crippen molar-refractivity contribution in [3.05, 3.63) is 81.5 Å². The molecule has 0 atom stereocenters. The monoisotopic (exact) mass is 436 g/mol. The lowest BCUT2D eigenvalue weighted by atomic mass is 10.1. The summed E-state index contributed by atoms with van der Waals surface area (Å²) in [6, 6.07) is 17.5. The Morgan fingerprint density at radius 1 is 1.16 bits per heavy atom. The summed E-state index contributed by atoms with van der Waals surface area (Å²) in [4.78, 5) is 20.8. The summed E-state index contributed by atoms with van der Waals surface area (Å²) in [6.07, 6.45) is 2.46. The van der Waals surface area contributed by atoms with E-state index in [-0.39, 0.29) is 12.5 Å². The van der Waals surface area contributed by atoms with Gasteiger partial charge in [-0.25, -0.2) is 0 Å². The van der Waals surface area contributed by atoms with Crippen molar-refractivity contribution in [3.8, 4) is 11.5 Å². The predicted molar refractivity (Wildman–Crippen MR) is 121 cm³/mol. The third-order valence-electron chi connectivity index (χ3n) is 5.05. The number of hydrogen-bond acceptors (Lipinski definition) is 6. The number of fused-ring (bicyclic) bond motifs is 1. The van der Waals surface area contributed by atoms with Crippen LogP contribution in [0.25, 0.3) is 0 Å². The first-order valence-electron chi connectivity index (χ1n) is 10.1. The highest BCUT2D eigenvalue weighted by Gasteiger charge is 2.21. The van der Waals surface area contributed by atoms with Gasteiger partial charge in [-0.3, -0.25) is 4.79 Å². The van der Waals surface area contributed by atoms with E-state index in [4.69, 9.17) is 14.3 Å². The Morgan fingerprint density at radius 3 is 2.87 bits per heavy atom. The molecule has 1 aliphatic rings. The molecule has 1 aromatic heterocycles. The van der Waals surface area contributed by atoms with Gasteiger partial charge in [0.2, 0.25) is 0 Å². The molecule has 7 heteroatoms. The molecular formula is C24H24N2O4S. The molecule has 2 heterocycles. The van der Waals surface area contributed by atoms with Gasteiger partial charge in [-0.05, 0) is 47.2 Å². The van der Waals surface area contributed by atoms with Crippen molar-refractivity contribution in [2.75, 3.05) is 20.3 Å². The zero-order valence-electron chi connectivity index (χ0n) is 17.3. The van der Waals surface area contributed by atoms with E-state index in [0.29, 0.717) is 24.7 Å². The van der Waals surface area contributed by atoms with Crippen LogP contribution in [0.15, 0.2) is 65.1 Å². The number of ether oxygens (including phenoxy) is 2. The van der Waals surface area contributed by atoms with Crippen LogP contribution in [0.1, 0.15) is 21.6 Å². The summed E-state index contributed by atoms with van der Waals surface area (Å²) < 4.78 is 11.3. The number of hydrogen-bond donors (Lipinski definition) is 0. The van der Waals surface area contributed by atoms with Crippen LogP contribution >= 0.6 is 11.3 Å². The first kappa shape index (κ1) is 20.9. The molecule has 0 spiro atoms. The summed E-state index contributed by atoms with van der Waals surface area (Å²) >= 11 is 1.75.